The molecule has 7 nitrogen and oxygen atoms in total. The second kappa shape index (κ2) is 7.44. The van der Waals surface area contributed by atoms with Crippen LogP contribution in [0, 0.1) is 10.1 Å². The molecule has 0 heterocycles. The van der Waals surface area contributed by atoms with Gasteiger partial charge in [0.2, 0.25) is 0 Å². The maximum Gasteiger partial charge on any atom is 0.292 e. The van der Waals surface area contributed by atoms with E-state index >= 15 is 0 Å². The van der Waals surface area contributed by atoms with Gasteiger partial charge in [0.25, 0.3) is 11.6 Å². The number of hydrogen-bond donors (Lipinski definition) is 1. The zero-order valence-electron chi connectivity index (χ0n) is 11.9. The highest BCUT2D eigenvalue weighted by Gasteiger charge is 2.19. The van der Waals surface area contributed by atoms with Gasteiger partial charge in [0.1, 0.15) is 5.69 Å². The van der Waals surface area contributed by atoms with Crippen LogP contribution in [0.1, 0.15) is 17.3 Å². The molecule has 110 valence electrons. The van der Waals surface area contributed by atoms with Gasteiger partial charge in [-0.2, -0.15) is 0 Å². The standard InChI is InChI=1S/C13H19N3O4/c1-4-15(7-8-20-3)13(17)10-5-6-12(16(18)19)11(9-10)14-2/h5-6,9,14H,4,7-8H2,1-3H3. The summed E-state index contributed by atoms with van der Waals surface area (Å²) in [5.74, 6) is -0.170. The molecule has 1 N–H and O–H groups in total. The predicted octanol–water partition coefficient (Wildman–Crippen LogP) is 1.75. The molecule has 0 aliphatic heterocycles. The molecule has 0 aliphatic rings. The summed E-state index contributed by atoms with van der Waals surface area (Å²) in [5, 5.41) is 13.6. The minimum absolute atomic E-state index is 0.0519. The number of carbonyl (C=O) groups excluding carboxylic acids is 1. The average Bonchev–Trinajstić information content (AvgIpc) is 2.46. The predicted molar refractivity (Wildman–Crippen MR) is 76.1 cm³/mol. The van der Waals surface area contributed by atoms with E-state index in [2.05, 4.69) is 5.32 Å². The van der Waals surface area contributed by atoms with Gasteiger partial charge in [-0.05, 0) is 19.1 Å². The highest BCUT2D eigenvalue weighted by Crippen LogP contribution is 2.25. The highest BCUT2D eigenvalue weighted by atomic mass is 16.6. The quantitative estimate of drug-likeness (QED) is 0.608. The van der Waals surface area contributed by atoms with Crippen molar-refractivity contribution in [1.82, 2.24) is 4.90 Å². The van der Waals surface area contributed by atoms with E-state index < -0.39 is 4.92 Å². The van der Waals surface area contributed by atoms with Crippen LogP contribution in [-0.4, -0.2) is 49.6 Å². The Kier molecular flexibility index (Phi) is 5.92. The molecule has 0 spiro atoms. The lowest BCUT2D eigenvalue weighted by Crippen LogP contribution is -2.33. The smallest absolute Gasteiger partial charge is 0.292 e. The normalized spacial score (nSPS) is 10.2. The molecule has 1 rings (SSSR count). The van der Waals surface area contributed by atoms with Crippen LogP contribution in [0.25, 0.3) is 0 Å². The molecule has 1 aromatic rings. The molecule has 20 heavy (non-hydrogen) atoms. The van der Waals surface area contributed by atoms with E-state index in [1.54, 1.807) is 19.1 Å². The van der Waals surface area contributed by atoms with E-state index in [-0.39, 0.29) is 11.6 Å². The molecule has 0 aromatic heterocycles. The van der Waals surface area contributed by atoms with Crippen molar-refractivity contribution in [3.05, 3.63) is 33.9 Å². The lowest BCUT2D eigenvalue weighted by atomic mass is 10.1. The minimum Gasteiger partial charge on any atom is -0.383 e. The first-order valence-electron chi connectivity index (χ1n) is 6.29. The lowest BCUT2D eigenvalue weighted by molar-refractivity contribution is -0.383. The number of ether oxygens (including phenoxy) is 1. The van der Waals surface area contributed by atoms with Gasteiger partial charge in [-0.1, -0.05) is 0 Å². The third-order valence-electron chi connectivity index (χ3n) is 2.94. The van der Waals surface area contributed by atoms with Crippen molar-refractivity contribution in [3.8, 4) is 0 Å². The molecular weight excluding hydrogens is 262 g/mol. The van der Waals surface area contributed by atoms with Gasteiger partial charge in [0.05, 0.1) is 11.5 Å². The zero-order valence-corrected chi connectivity index (χ0v) is 11.9. The Morgan fingerprint density at radius 2 is 2.20 bits per heavy atom. The topological polar surface area (TPSA) is 84.7 Å². The van der Waals surface area contributed by atoms with E-state index in [0.717, 1.165) is 0 Å². The monoisotopic (exact) mass is 281 g/mol. The molecule has 0 fully saturated rings. The number of nitrogens with one attached hydrogen (secondary N) is 1. The van der Waals surface area contributed by atoms with Crippen molar-refractivity contribution in [2.75, 3.05) is 39.2 Å². The van der Waals surface area contributed by atoms with Crippen LogP contribution in [0.15, 0.2) is 18.2 Å². The molecule has 0 saturated carbocycles. The summed E-state index contributed by atoms with van der Waals surface area (Å²) in [7, 11) is 3.16. The Hall–Kier alpha value is -2.15. The number of carbonyl (C=O) groups is 1. The minimum atomic E-state index is -0.484. The number of benzene rings is 1. The van der Waals surface area contributed by atoms with E-state index in [1.807, 2.05) is 6.92 Å². The molecule has 1 amide bonds. The maximum atomic E-state index is 12.3. The SMILES string of the molecule is CCN(CCOC)C(=O)c1ccc([N+](=O)[O-])c(NC)c1. The van der Waals surface area contributed by atoms with E-state index in [1.165, 1.54) is 18.2 Å². The van der Waals surface area contributed by atoms with Gasteiger partial charge in [-0.3, -0.25) is 14.9 Å². The van der Waals surface area contributed by atoms with Crippen LogP contribution in [0.5, 0.6) is 0 Å². The lowest BCUT2D eigenvalue weighted by Gasteiger charge is -2.20. The first kappa shape index (κ1) is 15.9. The number of hydrogen-bond acceptors (Lipinski definition) is 5. The van der Waals surface area contributed by atoms with E-state index in [4.69, 9.17) is 4.74 Å². The third kappa shape index (κ3) is 3.67. The zero-order chi connectivity index (χ0) is 15.1. The van der Waals surface area contributed by atoms with Gasteiger partial charge in [0.15, 0.2) is 0 Å². The Bertz CT molecular complexity index is 491. The molecule has 0 saturated heterocycles. The molecule has 1 aromatic carbocycles. The molecule has 0 bridgehead atoms. The average molecular weight is 281 g/mol. The second-order valence-electron chi connectivity index (χ2n) is 4.12. The van der Waals surface area contributed by atoms with Crippen LogP contribution >= 0.6 is 0 Å². The maximum absolute atomic E-state index is 12.3. The Morgan fingerprint density at radius 3 is 2.70 bits per heavy atom. The van der Waals surface area contributed by atoms with Gasteiger partial charge in [-0.15, -0.1) is 0 Å². The van der Waals surface area contributed by atoms with Crippen molar-refractivity contribution < 1.29 is 14.5 Å². The first-order chi connectivity index (χ1) is 9.54. The van der Waals surface area contributed by atoms with Crippen molar-refractivity contribution >= 4 is 17.3 Å². The fraction of sp³-hybridized carbons (Fsp3) is 0.462. The number of amides is 1. The Labute approximate surface area is 117 Å². The van der Waals surface area contributed by atoms with Gasteiger partial charge >= 0.3 is 0 Å². The number of anilines is 1. The summed E-state index contributed by atoms with van der Waals surface area (Å²) < 4.78 is 4.96. The van der Waals surface area contributed by atoms with E-state index in [0.29, 0.717) is 30.9 Å². The van der Waals surface area contributed by atoms with Gasteiger partial charge in [0, 0.05) is 38.9 Å². The molecular formula is C13H19N3O4. The number of nitrogens with zero attached hydrogens (tertiary/aromatic N) is 2. The third-order valence-corrected chi connectivity index (χ3v) is 2.94. The van der Waals surface area contributed by atoms with Gasteiger partial charge in [-0.25, -0.2) is 0 Å². The van der Waals surface area contributed by atoms with Gasteiger partial charge < -0.3 is 15.0 Å². The summed E-state index contributed by atoms with van der Waals surface area (Å²) in [6, 6.07) is 4.30. The molecule has 0 radical (unpaired) electrons. The number of nitro benzene ring substituents is 1. The molecule has 0 aliphatic carbocycles. The van der Waals surface area contributed by atoms with Crippen LogP contribution in [0.3, 0.4) is 0 Å². The van der Waals surface area contributed by atoms with Crippen molar-refractivity contribution in [2.24, 2.45) is 0 Å². The molecule has 0 unspecified atom stereocenters. The van der Waals surface area contributed by atoms with Crippen LogP contribution in [0.4, 0.5) is 11.4 Å². The van der Waals surface area contributed by atoms with Crippen LogP contribution in [-0.2, 0) is 4.74 Å². The Morgan fingerprint density at radius 1 is 1.50 bits per heavy atom. The Balaban J connectivity index is 3.01. The summed E-state index contributed by atoms with van der Waals surface area (Å²) in [6.45, 7) is 3.36. The van der Waals surface area contributed by atoms with Crippen LogP contribution in [0.2, 0.25) is 0 Å². The molecule has 7 heteroatoms. The fourth-order valence-corrected chi connectivity index (χ4v) is 1.82. The summed E-state index contributed by atoms with van der Waals surface area (Å²) in [6.07, 6.45) is 0. The number of nitro groups is 1. The van der Waals surface area contributed by atoms with Crippen molar-refractivity contribution in [2.45, 2.75) is 6.92 Å². The van der Waals surface area contributed by atoms with Crippen molar-refractivity contribution in [1.29, 1.82) is 0 Å². The number of likely N-dealkylation sites (N-methyl/N-ethyl adjacent to an activating group) is 1. The summed E-state index contributed by atoms with van der Waals surface area (Å²) >= 11 is 0. The second-order valence-corrected chi connectivity index (χ2v) is 4.12. The number of rotatable bonds is 7. The largest absolute Gasteiger partial charge is 0.383 e. The van der Waals surface area contributed by atoms with Crippen LogP contribution < -0.4 is 5.32 Å². The summed E-state index contributed by atoms with van der Waals surface area (Å²) in [4.78, 5) is 24.3. The fourth-order valence-electron chi connectivity index (χ4n) is 1.82. The molecule has 0 atom stereocenters. The van der Waals surface area contributed by atoms with Crippen molar-refractivity contribution in [3.63, 3.8) is 0 Å². The summed E-state index contributed by atoms with van der Waals surface area (Å²) in [5.41, 5.74) is 0.686. The van der Waals surface area contributed by atoms with E-state index in [9.17, 15) is 14.9 Å². The highest BCUT2D eigenvalue weighted by molar-refractivity contribution is 5.96. The number of methoxy groups -OCH3 is 1. The first-order valence-corrected chi connectivity index (χ1v) is 6.29.